The van der Waals surface area contributed by atoms with E-state index in [1.165, 1.54) is 19.6 Å². The van der Waals surface area contributed by atoms with E-state index in [2.05, 4.69) is 41.2 Å². The van der Waals surface area contributed by atoms with E-state index in [0.29, 0.717) is 17.7 Å². The zero-order chi connectivity index (χ0) is 41.3. The number of carbonyl (C=O) groups excluding carboxylic acids is 6. The molecule has 4 aromatic rings. The number of fused-ring (bicyclic) bond motifs is 1. The highest BCUT2D eigenvalue weighted by Crippen LogP contribution is 2.20. The van der Waals surface area contributed by atoms with Gasteiger partial charge in [-0.1, -0.05) is 55.5 Å². The van der Waals surface area contributed by atoms with Gasteiger partial charge >= 0.3 is 0 Å². The SMILES string of the molecule is CCCC(=O)N[C@@H](Cc1cnc[nH]1)C(=O)N[C@H](Cc1ccccc1)C(=O)N[C@@H](CCCN=C(N)N)C(=O)N[C@@H](Cc1c[nH]c2ccccc12)C(=O)N(C)CC(N)=O. The summed E-state index contributed by atoms with van der Waals surface area (Å²) in [4.78, 5) is 95.7. The van der Waals surface area contributed by atoms with Crippen molar-refractivity contribution in [2.24, 2.45) is 22.2 Å². The van der Waals surface area contributed by atoms with E-state index in [0.717, 1.165) is 21.4 Å². The molecule has 0 aliphatic heterocycles. The second-order valence-electron chi connectivity index (χ2n) is 13.7. The van der Waals surface area contributed by atoms with Crippen LogP contribution in [0, 0.1) is 0 Å². The Morgan fingerprint density at radius 2 is 1.44 bits per heavy atom. The normalized spacial score (nSPS) is 13.0. The predicted molar refractivity (Wildman–Crippen MR) is 214 cm³/mol. The number of H-pyrrole nitrogens is 2. The fraction of sp³-hybridized carbons (Fsp3) is 0.385. The highest BCUT2D eigenvalue weighted by Gasteiger charge is 2.33. The topological polar surface area (TPSA) is 289 Å². The summed E-state index contributed by atoms with van der Waals surface area (Å²) in [5, 5.41) is 12.0. The molecule has 2 heterocycles. The predicted octanol–water partition coefficient (Wildman–Crippen LogP) is -0.344. The van der Waals surface area contributed by atoms with Gasteiger partial charge in [0, 0.05) is 68.3 Å². The number of benzene rings is 2. The number of amides is 6. The Hall–Kier alpha value is -6.72. The zero-order valence-corrected chi connectivity index (χ0v) is 32.1. The zero-order valence-electron chi connectivity index (χ0n) is 32.1. The Bertz CT molecular complexity index is 1990. The number of guanidine groups is 1. The Morgan fingerprint density at radius 3 is 2.11 bits per heavy atom. The minimum Gasteiger partial charge on any atom is -0.370 e. The van der Waals surface area contributed by atoms with Crippen LogP contribution >= 0.6 is 0 Å². The summed E-state index contributed by atoms with van der Waals surface area (Å²) in [6, 6.07) is 11.8. The molecule has 4 atom stereocenters. The van der Waals surface area contributed by atoms with Gasteiger partial charge < -0.3 is 53.3 Å². The first-order valence-corrected chi connectivity index (χ1v) is 18.7. The molecule has 0 fully saturated rings. The molecule has 0 aliphatic rings. The number of hydrogen-bond donors (Lipinski definition) is 9. The Kier molecular flexibility index (Phi) is 16.1. The summed E-state index contributed by atoms with van der Waals surface area (Å²) in [5.74, 6) is -3.83. The van der Waals surface area contributed by atoms with E-state index < -0.39 is 53.7 Å². The summed E-state index contributed by atoms with van der Waals surface area (Å²) in [5.41, 5.74) is 19.3. The van der Waals surface area contributed by atoms with Gasteiger partial charge in [-0.2, -0.15) is 0 Å². The van der Waals surface area contributed by atoms with Gasteiger partial charge in [0.1, 0.15) is 24.2 Å². The molecule has 0 unspecified atom stereocenters. The molecule has 4 rings (SSSR count). The third-order valence-electron chi connectivity index (χ3n) is 9.08. The maximum absolute atomic E-state index is 14.2. The van der Waals surface area contributed by atoms with Crippen LogP contribution < -0.4 is 38.5 Å². The van der Waals surface area contributed by atoms with Gasteiger partial charge in [0.2, 0.25) is 35.4 Å². The van der Waals surface area contributed by atoms with Crippen LogP contribution in [-0.4, -0.2) is 106 Å². The number of para-hydroxylation sites is 1. The lowest BCUT2D eigenvalue weighted by atomic mass is 10.0. The largest absolute Gasteiger partial charge is 0.370 e. The van der Waals surface area contributed by atoms with Gasteiger partial charge in [-0.15, -0.1) is 0 Å². The number of nitrogens with two attached hydrogens (primary N) is 3. The first-order valence-electron chi connectivity index (χ1n) is 18.7. The lowest BCUT2D eigenvalue weighted by molar-refractivity contribution is -0.138. The fourth-order valence-corrected chi connectivity index (χ4v) is 6.27. The van der Waals surface area contributed by atoms with Crippen molar-refractivity contribution in [1.29, 1.82) is 0 Å². The van der Waals surface area contributed by atoms with Crippen LogP contribution in [0.4, 0.5) is 0 Å². The second-order valence-corrected chi connectivity index (χ2v) is 13.7. The molecule has 0 bridgehead atoms. The minimum absolute atomic E-state index is 0.0417. The average molecular weight is 785 g/mol. The molecule has 6 amide bonds. The van der Waals surface area contributed by atoms with Crippen molar-refractivity contribution in [3.63, 3.8) is 0 Å². The first-order chi connectivity index (χ1) is 27.3. The van der Waals surface area contributed by atoms with Crippen molar-refractivity contribution in [3.05, 3.63) is 90.1 Å². The Balaban J connectivity index is 1.62. The van der Waals surface area contributed by atoms with Crippen molar-refractivity contribution in [2.45, 2.75) is 76.0 Å². The average Bonchev–Trinajstić information content (AvgIpc) is 3.85. The first kappa shape index (κ1) is 43.0. The van der Waals surface area contributed by atoms with Crippen LogP contribution in [0.5, 0.6) is 0 Å². The number of primary amides is 1. The molecule has 0 saturated heterocycles. The van der Waals surface area contributed by atoms with Gasteiger partial charge in [0.25, 0.3) is 0 Å². The minimum atomic E-state index is -1.23. The molecule has 57 heavy (non-hydrogen) atoms. The van der Waals surface area contributed by atoms with E-state index >= 15 is 0 Å². The third kappa shape index (κ3) is 13.5. The van der Waals surface area contributed by atoms with Crippen molar-refractivity contribution >= 4 is 52.3 Å². The van der Waals surface area contributed by atoms with E-state index in [-0.39, 0.29) is 63.5 Å². The van der Waals surface area contributed by atoms with Crippen molar-refractivity contribution < 1.29 is 28.8 Å². The van der Waals surface area contributed by atoms with Crippen LogP contribution in [0.3, 0.4) is 0 Å². The van der Waals surface area contributed by atoms with E-state index in [1.54, 1.807) is 30.5 Å². The summed E-state index contributed by atoms with van der Waals surface area (Å²) >= 11 is 0. The lowest BCUT2D eigenvalue weighted by Gasteiger charge is -2.28. The standard InChI is InChI=1S/C39H52N12O6/c1-3-10-34(53)47-31(19-26-21-43-23-46-26)37(56)49-30(17-24-11-5-4-6-12-24)36(55)48-29(15-9-16-44-39(41)42)35(54)50-32(38(57)51(2)22-33(40)52)18-25-20-45-28-14-8-7-13-27(25)28/h4-8,11-14,20-21,23,29-32,45H,3,9-10,15-19,22H2,1-2H3,(H2,40,52)(H,43,46)(H,47,53)(H,48,55)(H,49,56)(H,50,54)(H4,41,42,44)/t29-,30+,31-,32-/m0/s1. The maximum atomic E-state index is 14.2. The molecule has 0 spiro atoms. The Labute approximate surface area is 330 Å². The van der Waals surface area contributed by atoms with Crippen molar-refractivity contribution in [3.8, 4) is 0 Å². The highest BCUT2D eigenvalue weighted by atomic mass is 16.2. The second kappa shape index (κ2) is 21.4. The molecule has 304 valence electrons. The summed E-state index contributed by atoms with van der Waals surface area (Å²) in [6.45, 7) is 1.59. The smallest absolute Gasteiger partial charge is 0.245 e. The monoisotopic (exact) mass is 784 g/mol. The number of aliphatic imine (C=N–C) groups is 1. The van der Waals surface area contributed by atoms with Gasteiger partial charge in [0.15, 0.2) is 5.96 Å². The molecular formula is C39H52N12O6. The van der Waals surface area contributed by atoms with E-state index in [1.807, 2.05) is 37.3 Å². The Morgan fingerprint density at radius 1 is 0.789 bits per heavy atom. The summed E-state index contributed by atoms with van der Waals surface area (Å²) in [7, 11) is 1.40. The van der Waals surface area contributed by atoms with Crippen LogP contribution in [0.25, 0.3) is 10.9 Å². The van der Waals surface area contributed by atoms with Crippen LogP contribution in [0.2, 0.25) is 0 Å². The maximum Gasteiger partial charge on any atom is 0.245 e. The number of nitrogens with one attached hydrogen (secondary N) is 6. The van der Waals surface area contributed by atoms with Gasteiger partial charge in [-0.25, -0.2) is 4.98 Å². The molecule has 18 nitrogen and oxygen atoms in total. The molecule has 0 aliphatic carbocycles. The molecule has 2 aromatic heterocycles. The van der Waals surface area contributed by atoms with Gasteiger partial charge in [-0.05, 0) is 36.5 Å². The van der Waals surface area contributed by atoms with Gasteiger partial charge in [0.05, 0.1) is 12.9 Å². The van der Waals surface area contributed by atoms with Crippen LogP contribution in [0.15, 0.2) is 78.3 Å². The number of nitrogens with zero attached hydrogens (tertiary/aromatic N) is 3. The van der Waals surface area contributed by atoms with Crippen molar-refractivity contribution in [2.75, 3.05) is 20.1 Å². The molecule has 12 N–H and O–H groups in total. The van der Waals surface area contributed by atoms with Crippen LogP contribution in [-0.2, 0) is 48.0 Å². The lowest BCUT2D eigenvalue weighted by Crippen LogP contribution is -2.59. The highest BCUT2D eigenvalue weighted by molar-refractivity contribution is 5.96. The molecule has 18 heteroatoms. The van der Waals surface area contributed by atoms with Gasteiger partial charge in [-0.3, -0.25) is 33.8 Å². The molecule has 2 aromatic carbocycles. The summed E-state index contributed by atoms with van der Waals surface area (Å²) in [6.07, 6.45) is 5.94. The fourth-order valence-electron chi connectivity index (χ4n) is 6.27. The number of aromatic amines is 2. The van der Waals surface area contributed by atoms with E-state index in [9.17, 15) is 28.8 Å². The summed E-state index contributed by atoms with van der Waals surface area (Å²) < 4.78 is 0. The number of hydrogen-bond acceptors (Lipinski definition) is 8. The number of rotatable bonds is 22. The third-order valence-corrected chi connectivity index (χ3v) is 9.08. The number of likely N-dealkylation sites (N-methyl/N-ethyl adjacent to an activating group) is 1. The van der Waals surface area contributed by atoms with Crippen LogP contribution in [0.1, 0.15) is 49.4 Å². The number of carbonyl (C=O) groups is 6. The molecule has 0 radical (unpaired) electrons. The number of aromatic nitrogens is 3. The molecule has 0 saturated carbocycles. The quantitative estimate of drug-likeness (QED) is 0.0286. The molecular weight excluding hydrogens is 733 g/mol. The van der Waals surface area contributed by atoms with E-state index in [4.69, 9.17) is 17.2 Å². The number of imidazole rings is 1. The van der Waals surface area contributed by atoms with Crippen molar-refractivity contribution in [1.82, 2.24) is 41.1 Å².